The highest BCUT2D eigenvalue weighted by molar-refractivity contribution is 5.88. The second-order valence-corrected chi connectivity index (χ2v) is 10.1. The first-order chi connectivity index (χ1) is 17.0. The molecule has 1 atom stereocenters. The summed E-state index contributed by atoms with van der Waals surface area (Å²) < 4.78 is 1.91. The summed E-state index contributed by atoms with van der Waals surface area (Å²) in [6.45, 7) is 11.9. The second kappa shape index (κ2) is 11.6. The Balaban J connectivity index is 1.62. The van der Waals surface area contributed by atoms with E-state index in [9.17, 15) is 4.79 Å². The quantitative estimate of drug-likeness (QED) is 0.421. The van der Waals surface area contributed by atoms with E-state index in [0.717, 1.165) is 93.1 Å². The number of rotatable bonds is 9. The van der Waals surface area contributed by atoms with Crippen molar-refractivity contribution in [1.82, 2.24) is 24.6 Å². The zero-order chi connectivity index (χ0) is 24.8. The molecule has 1 aliphatic rings. The van der Waals surface area contributed by atoms with Crippen molar-refractivity contribution in [2.75, 3.05) is 31.1 Å². The predicted octanol–water partition coefficient (Wildman–Crippen LogP) is 5.27. The summed E-state index contributed by atoms with van der Waals surface area (Å²) >= 11 is 0. The number of aromatic nitrogens is 4. The lowest BCUT2D eigenvalue weighted by atomic mass is 9.97. The van der Waals surface area contributed by atoms with Crippen molar-refractivity contribution in [2.45, 2.75) is 66.2 Å². The van der Waals surface area contributed by atoms with Crippen molar-refractivity contribution in [3.63, 3.8) is 0 Å². The minimum absolute atomic E-state index is 0.147. The van der Waals surface area contributed by atoms with Gasteiger partial charge < -0.3 is 9.80 Å². The van der Waals surface area contributed by atoms with Crippen LogP contribution in [0.2, 0.25) is 0 Å². The van der Waals surface area contributed by atoms with Crippen LogP contribution >= 0.6 is 0 Å². The Morgan fingerprint density at radius 3 is 2.54 bits per heavy atom. The maximum atomic E-state index is 13.2. The van der Waals surface area contributed by atoms with Gasteiger partial charge in [0.05, 0.1) is 17.3 Å². The summed E-state index contributed by atoms with van der Waals surface area (Å²) in [5.74, 6) is 2.73. The van der Waals surface area contributed by atoms with Crippen molar-refractivity contribution < 1.29 is 4.79 Å². The van der Waals surface area contributed by atoms with E-state index in [4.69, 9.17) is 15.1 Å². The second-order valence-electron chi connectivity index (χ2n) is 10.1. The maximum absolute atomic E-state index is 13.2. The van der Waals surface area contributed by atoms with Gasteiger partial charge in [-0.2, -0.15) is 5.10 Å². The van der Waals surface area contributed by atoms with Crippen LogP contribution in [0.1, 0.15) is 65.6 Å². The number of carbonyl (C=O) groups excluding carboxylic acids is 1. The van der Waals surface area contributed by atoms with Gasteiger partial charge in [-0.05, 0) is 37.3 Å². The molecule has 1 aromatic carbocycles. The highest BCUT2D eigenvalue weighted by Crippen LogP contribution is 2.28. The van der Waals surface area contributed by atoms with Crippen LogP contribution in [0.15, 0.2) is 36.5 Å². The van der Waals surface area contributed by atoms with Crippen LogP contribution in [0.5, 0.6) is 0 Å². The summed E-state index contributed by atoms with van der Waals surface area (Å²) in [4.78, 5) is 27.6. The molecule has 1 fully saturated rings. The molecule has 1 aliphatic heterocycles. The van der Waals surface area contributed by atoms with Crippen LogP contribution in [0.3, 0.4) is 0 Å². The molecule has 35 heavy (non-hydrogen) atoms. The summed E-state index contributed by atoms with van der Waals surface area (Å²) in [6.07, 6.45) is 7.82. The topological polar surface area (TPSA) is 67.2 Å². The Hall–Kier alpha value is -2.96. The lowest BCUT2D eigenvalue weighted by molar-refractivity contribution is -0.135. The van der Waals surface area contributed by atoms with Crippen LogP contribution in [0, 0.1) is 11.8 Å². The van der Waals surface area contributed by atoms with E-state index in [1.165, 1.54) is 0 Å². The molecule has 4 rings (SSSR count). The largest absolute Gasteiger partial charge is 0.354 e. The molecule has 0 bridgehead atoms. The number of amides is 1. The monoisotopic (exact) mass is 476 g/mol. The first-order valence-corrected chi connectivity index (χ1v) is 13.4. The van der Waals surface area contributed by atoms with E-state index in [1.807, 2.05) is 29.1 Å². The number of hydrogen-bond acceptors (Lipinski definition) is 5. The van der Waals surface area contributed by atoms with Crippen molar-refractivity contribution in [1.29, 1.82) is 0 Å². The summed E-state index contributed by atoms with van der Waals surface area (Å²) in [6, 6.07) is 10.1. The number of hydrogen-bond donors (Lipinski definition) is 0. The predicted molar refractivity (Wildman–Crippen MR) is 142 cm³/mol. The first kappa shape index (κ1) is 25.1. The highest BCUT2D eigenvalue weighted by Gasteiger charge is 2.26. The average molecular weight is 477 g/mol. The molecule has 1 amide bonds. The molecule has 188 valence electrons. The van der Waals surface area contributed by atoms with E-state index in [0.29, 0.717) is 11.8 Å². The lowest BCUT2D eigenvalue weighted by Crippen LogP contribution is -2.39. The molecular formula is C28H40N6O. The number of para-hydroxylation sites is 1. The molecule has 7 nitrogen and oxygen atoms in total. The fourth-order valence-electron chi connectivity index (χ4n) is 4.95. The summed E-state index contributed by atoms with van der Waals surface area (Å²) in [7, 11) is 0. The molecule has 0 aliphatic carbocycles. The molecule has 0 radical (unpaired) electrons. The number of unbranched alkanes of at least 4 members (excludes halogenated alkanes) is 1. The molecule has 7 heteroatoms. The average Bonchev–Trinajstić information content (AvgIpc) is 3.12. The molecular weight excluding hydrogens is 436 g/mol. The smallest absolute Gasteiger partial charge is 0.225 e. The fraction of sp³-hybridized carbons (Fsp3) is 0.571. The van der Waals surface area contributed by atoms with Crippen LogP contribution in [0.4, 0.5) is 5.82 Å². The standard InChI is InChI=1S/C28H40N6O/c1-5-7-12-22(6-2)28(35)33-16-11-15-32(17-18-33)26-24-20-29-34(23-13-9-8-10-14-23)27(24)31-25(30-26)19-21(3)4/h8-10,13-14,20-22H,5-7,11-12,15-19H2,1-4H3/t22-/m1/s1. The molecule has 0 N–H and O–H groups in total. The van der Waals surface area contributed by atoms with Crippen LogP contribution in [0.25, 0.3) is 16.7 Å². The summed E-state index contributed by atoms with van der Waals surface area (Å²) in [5, 5.41) is 5.66. The number of nitrogens with zero attached hydrogens (tertiary/aromatic N) is 6. The van der Waals surface area contributed by atoms with Crippen LogP contribution in [-0.2, 0) is 11.2 Å². The van der Waals surface area contributed by atoms with Crippen molar-refractivity contribution in [3.8, 4) is 5.69 Å². The van der Waals surface area contributed by atoms with E-state index < -0.39 is 0 Å². The van der Waals surface area contributed by atoms with Gasteiger partial charge in [0, 0.05) is 38.5 Å². The van der Waals surface area contributed by atoms with Crippen molar-refractivity contribution in [3.05, 3.63) is 42.4 Å². The zero-order valence-corrected chi connectivity index (χ0v) is 21.8. The molecule has 3 aromatic rings. The SMILES string of the molecule is CCCC[C@@H](CC)C(=O)N1CCCN(c2nc(CC(C)C)nc3c2cnn3-c2ccccc2)CC1. The van der Waals surface area contributed by atoms with Gasteiger partial charge in [-0.25, -0.2) is 14.6 Å². The molecule has 0 unspecified atom stereocenters. The molecule has 3 heterocycles. The van der Waals surface area contributed by atoms with E-state index in [-0.39, 0.29) is 5.92 Å². The third kappa shape index (κ3) is 5.82. The van der Waals surface area contributed by atoms with Gasteiger partial charge in [-0.1, -0.05) is 58.7 Å². The Morgan fingerprint density at radius 1 is 1.03 bits per heavy atom. The Morgan fingerprint density at radius 2 is 1.83 bits per heavy atom. The van der Waals surface area contributed by atoms with Gasteiger partial charge in [0.1, 0.15) is 11.6 Å². The minimum atomic E-state index is 0.147. The highest BCUT2D eigenvalue weighted by atomic mass is 16.2. The van der Waals surface area contributed by atoms with Gasteiger partial charge >= 0.3 is 0 Å². The zero-order valence-electron chi connectivity index (χ0n) is 21.8. The number of carbonyl (C=O) groups is 1. The van der Waals surface area contributed by atoms with Gasteiger partial charge in [0.25, 0.3) is 0 Å². The van der Waals surface area contributed by atoms with Gasteiger partial charge in [-0.3, -0.25) is 4.79 Å². The fourth-order valence-corrected chi connectivity index (χ4v) is 4.95. The van der Waals surface area contributed by atoms with Gasteiger partial charge in [0.15, 0.2) is 5.65 Å². The van der Waals surface area contributed by atoms with E-state index in [2.05, 4.69) is 49.6 Å². The number of anilines is 1. The van der Waals surface area contributed by atoms with E-state index in [1.54, 1.807) is 0 Å². The minimum Gasteiger partial charge on any atom is -0.354 e. The van der Waals surface area contributed by atoms with Crippen LogP contribution in [-0.4, -0.2) is 56.7 Å². The van der Waals surface area contributed by atoms with Gasteiger partial charge in [-0.15, -0.1) is 0 Å². The van der Waals surface area contributed by atoms with Crippen LogP contribution < -0.4 is 4.90 Å². The lowest BCUT2D eigenvalue weighted by Gasteiger charge is -2.26. The number of benzene rings is 1. The number of fused-ring (bicyclic) bond motifs is 1. The Bertz CT molecular complexity index is 1110. The Kier molecular flexibility index (Phi) is 8.37. The van der Waals surface area contributed by atoms with Crippen molar-refractivity contribution >= 4 is 22.8 Å². The van der Waals surface area contributed by atoms with Gasteiger partial charge in [0.2, 0.25) is 5.91 Å². The third-order valence-corrected chi connectivity index (χ3v) is 6.90. The Labute approximate surface area is 209 Å². The summed E-state index contributed by atoms with van der Waals surface area (Å²) in [5.41, 5.74) is 1.84. The third-order valence-electron chi connectivity index (χ3n) is 6.90. The molecule has 1 saturated heterocycles. The molecule has 2 aromatic heterocycles. The van der Waals surface area contributed by atoms with Crippen molar-refractivity contribution in [2.24, 2.45) is 11.8 Å². The first-order valence-electron chi connectivity index (χ1n) is 13.4. The van der Waals surface area contributed by atoms with E-state index >= 15 is 0 Å². The maximum Gasteiger partial charge on any atom is 0.225 e. The molecule has 0 spiro atoms. The normalized spacial score (nSPS) is 15.6. The molecule has 0 saturated carbocycles.